The molecule has 16 heavy (non-hydrogen) atoms. The highest BCUT2D eigenvalue weighted by atomic mass is 35.5. The Kier molecular flexibility index (Phi) is 3.52. The van der Waals surface area contributed by atoms with Gasteiger partial charge in [-0.05, 0) is 5.92 Å². The Balaban J connectivity index is 2.30. The SMILES string of the molecule is O=C1CC(CCl)CN1c1cc(Cl)nnc1Cl. The first-order valence-electron chi connectivity index (χ1n) is 4.67. The van der Waals surface area contributed by atoms with Gasteiger partial charge in [0.1, 0.15) is 0 Å². The largest absolute Gasteiger partial charge is 0.309 e. The van der Waals surface area contributed by atoms with Crippen LogP contribution in [0.4, 0.5) is 5.69 Å². The summed E-state index contributed by atoms with van der Waals surface area (Å²) in [5.41, 5.74) is 0.499. The summed E-state index contributed by atoms with van der Waals surface area (Å²) in [6, 6.07) is 1.53. The van der Waals surface area contributed by atoms with Gasteiger partial charge in [0.15, 0.2) is 10.3 Å². The third-order valence-corrected chi connectivity index (χ3v) is 3.31. The summed E-state index contributed by atoms with van der Waals surface area (Å²) in [5.74, 6) is 0.584. The zero-order valence-electron chi connectivity index (χ0n) is 8.16. The van der Waals surface area contributed by atoms with Gasteiger partial charge in [0.25, 0.3) is 0 Å². The number of anilines is 1. The highest BCUT2D eigenvalue weighted by Crippen LogP contribution is 2.31. The predicted molar refractivity (Wildman–Crippen MR) is 63.2 cm³/mol. The lowest BCUT2D eigenvalue weighted by molar-refractivity contribution is -0.117. The molecule has 2 heterocycles. The molecule has 4 nitrogen and oxygen atoms in total. The van der Waals surface area contributed by atoms with Gasteiger partial charge in [-0.3, -0.25) is 4.79 Å². The number of carbonyl (C=O) groups is 1. The maximum absolute atomic E-state index is 11.7. The van der Waals surface area contributed by atoms with Crippen molar-refractivity contribution in [3.05, 3.63) is 16.4 Å². The summed E-state index contributed by atoms with van der Waals surface area (Å²) in [6.45, 7) is 0.546. The lowest BCUT2D eigenvalue weighted by Crippen LogP contribution is -2.25. The molecule has 0 saturated carbocycles. The zero-order valence-corrected chi connectivity index (χ0v) is 10.4. The third kappa shape index (κ3) is 2.24. The molecule has 1 aromatic heterocycles. The van der Waals surface area contributed by atoms with Crippen molar-refractivity contribution in [1.82, 2.24) is 10.2 Å². The van der Waals surface area contributed by atoms with Crippen LogP contribution in [0.15, 0.2) is 6.07 Å². The van der Waals surface area contributed by atoms with Gasteiger partial charge in [-0.15, -0.1) is 21.8 Å². The van der Waals surface area contributed by atoms with Crippen LogP contribution in [0.25, 0.3) is 0 Å². The molecule has 1 aromatic rings. The lowest BCUT2D eigenvalue weighted by atomic mass is 10.1. The standard InChI is InChI=1S/C9H8Cl3N3O/c10-3-5-1-8(16)15(4-5)6-2-7(11)13-14-9(6)12/h2,5H,1,3-4H2. The summed E-state index contributed by atoms with van der Waals surface area (Å²) in [5, 5.41) is 7.64. The van der Waals surface area contributed by atoms with Crippen LogP contribution in [0.3, 0.4) is 0 Å². The first kappa shape index (κ1) is 11.9. The van der Waals surface area contributed by atoms with Crippen molar-refractivity contribution in [3.8, 4) is 0 Å². The molecule has 0 radical (unpaired) electrons. The van der Waals surface area contributed by atoms with Gasteiger partial charge in [-0.2, -0.15) is 0 Å². The molecular weight excluding hydrogens is 272 g/mol. The Morgan fingerprint density at radius 3 is 2.81 bits per heavy atom. The molecule has 1 aliphatic rings. The summed E-state index contributed by atoms with van der Waals surface area (Å²) < 4.78 is 0. The Bertz CT molecular complexity index is 426. The maximum Gasteiger partial charge on any atom is 0.227 e. The van der Waals surface area contributed by atoms with E-state index in [2.05, 4.69) is 10.2 Å². The molecular formula is C9H8Cl3N3O. The van der Waals surface area contributed by atoms with Crippen LogP contribution in [0, 0.1) is 5.92 Å². The Labute approximate surface area is 107 Å². The molecule has 1 saturated heterocycles. The van der Waals surface area contributed by atoms with Crippen LogP contribution in [0.5, 0.6) is 0 Å². The van der Waals surface area contributed by atoms with E-state index in [1.165, 1.54) is 6.07 Å². The molecule has 1 aliphatic heterocycles. The van der Waals surface area contributed by atoms with E-state index in [9.17, 15) is 4.79 Å². The van der Waals surface area contributed by atoms with Crippen molar-refractivity contribution in [3.63, 3.8) is 0 Å². The molecule has 86 valence electrons. The van der Waals surface area contributed by atoms with Crippen LogP contribution in [0.1, 0.15) is 6.42 Å². The van der Waals surface area contributed by atoms with E-state index in [0.717, 1.165) is 0 Å². The smallest absolute Gasteiger partial charge is 0.227 e. The average Bonchev–Trinajstić information content (AvgIpc) is 2.63. The molecule has 2 rings (SSSR count). The van der Waals surface area contributed by atoms with Crippen LogP contribution in [-0.4, -0.2) is 28.5 Å². The van der Waals surface area contributed by atoms with Crippen molar-refractivity contribution in [2.45, 2.75) is 6.42 Å². The van der Waals surface area contributed by atoms with Gasteiger partial charge in [0.2, 0.25) is 5.91 Å². The molecule has 1 atom stereocenters. The Hall–Kier alpha value is -0.580. The predicted octanol–water partition coefficient (Wildman–Crippen LogP) is 2.38. The molecule has 7 heteroatoms. The second kappa shape index (κ2) is 4.73. The number of amides is 1. The van der Waals surface area contributed by atoms with E-state index < -0.39 is 0 Å². The Morgan fingerprint density at radius 1 is 1.44 bits per heavy atom. The van der Waals surface area contributed by atoms with E-state index in [1.807, 2.05) is 0 Å². The molecule has 1 unspecified atom stereocenters. The zero-order chi connectivity index (χ0) is 11.7. The molecule has 0 spiro atoms. The fraction of sp³-hybridized carbons (Fsp3) is 0.444. The van der Waals surface area contributed by atoms with E-state index in [-0.39, 0.29) is 22.1 Å². The molecule has 1 fully saturated rings. The van der Waals surface area contributed by atoms with Crippen LogP contribution in [-0.2, 0) is 4.79 Å². The number of hydrogen-bond acceptors (Lipinski definition) is 3. The average molecular weight is 281 g/mol. The number of hydrogen-bond donors (Lipinski definition) is 0. The van der Waals surface area contributed by atoms with Gasteiger partial charge in [0.05, 0.1) is 5.69 Å². The van der Waals surface area contributed by atoms with Gasteiger partial charge in [0, 0.05) is 24.9 Å². The van der Waals surface area contributed by atoms with Crippen LogP contribution < -0.4 is 4.90 Å². The van der Waals surface area contributed by atoms with Crippen molar-refractivity contribution in [2.24, 2.45) is 5.92 Å². The maximum atomic E-state index is 11.7. The normalized spacial score (nSPS) is 20.6. The molecule has 0 aromatic carbocycles. The molecule has 0 aliphatic carbocycles. The first-order valence-corrected chi connectivity index (χ1v) is 5.96. The topological polar surface area (TPSA) is 46.1 Å². The second-order valence-corrected chi connectivity index (χ2v) is 4.63. The highest BCUT2D eigenvalue weighted by Gasteiger charge is 2.31. The van der Waals surface area contributed by atoms with Gasteiger partial charge >= 0.3 is 0 Å². The molecule has 1 amide bonds. The number of halogens is 3. The summed E-state index contributed by atoms with van der Waals surface area (Å²) in [7, 11) is 0. The minimum Gasteiger partial charge on any atom is -0.309 e. The monoisotopic (exact) mass is 279 g/mol. The summed E-state index contributed by atoms with van der Waals surface area (Å²) in [6.07, 6.45) is 0.430. The quantitative estimate of drug-likeness (QED) is 0.781. The van der Waals surface area contributed by atoms with Crippen molar-refractivity contribution >= 4 is 46.4 Å². The first-order chi connectivity index (χ1) is 7.61. The van der Waals surface area contributed by atoms with Crippen LogP contribution in [0.2, 0.25) is 10.3 Å². The van der Waals surface area contributed by atoms with Crippen LogP contribution >= 0.6 is 34.8 Å². The minimum absolute atomic E-state index is 0.0170. The van der Waals surface area contributed by atoms with E-state index in [4.69, 9.17) is 34.8 Å². The van der Waals surface area contributed by atoms with Crippen molar-refractivity contribution in [1.29, 1.82) is 0 Å². The number of carbonyl (C=O) groups excluding carboxylic acids is 1. The molecule has 0 bridgehead atoms. The number of rotatable bonds is 2. The summed E-state index contributed by atoms with van der Waals surface area (Å²) in [4.78, 5) is 13.3. The Morgan fingerprint density at radius 2 is 2.19 bits per heavy atom. The van der Waals surface area contributed by atoms with Gasteiger partial charge in [-0.25, -0.2) is 0 Å². The van der Waals surface area contributed by atoms with E-state index >= 15 is 0 Å². The van der Waals surface area contributed by atoms with Crippen molar-refractivity contribution < 1.29 is 4.79 Å². The highest BCUT2D eigenvalue weighted by molar-refractivity contribution is 6.34. The fourth-order valence-electron chi connectivity index (χ4n) is 1.65. The summed E-state index contributed by atoms with van der Waals surface area (Å²) >= 11 is 17.3. The second-order valence-electron chi connectivity index (χ2n) is 3.57. The number of alkyl halides is 1. The van der Waals surface area contributed by atoms with E-state index in [0.29, 0.717) is 24.5 Å². The fourth-order valence-corrected chi connectivity index (χ4v) is 2.19. The van der Waals surface area contributed by atoms with Gasteiger partial charge < -0.3 is 4.90 Å². The number of aromatic nitrogens is 2. The molecule has 0 N–H and O–H groups in total. The minimum atomic E-state index is -0.0170. The van der Waals surface area contributed by atoms with Crippen molar-refractivity contribution in [2.75, 3.05) is 17.3 Å². The third-order valence-electron chi connectivity index (χ3n) is 2.41. The number of nitrogens with zero attached hydrogens (tertiary/aromatic N) is 3. The van der Waals surface area contributed by atoms with E-state index in [1.54, 1.807) is 4.90 Å². The lowest BCUT2D eigenvalue weighted by Gasteiger charge is -2.16. The van der Waals surface area contributed by atoms with Gasteiger partial charge in [-0.1, -0.05) is 23.2 Å².